The van der Waals surface area contributed by atoms with Crippen molar-refractivity contribution in [3.05, 3.63) is 27.8 Å². The maximum absolute atomic E-state index is 13.0. The minimum absolute atomic E-state index is 0.132. The van der Waals surface area contributed by atoms with E-state index in [0.29, 0.717) is 11.7 Å². The second-order valence-electron chi connectivity index (χ2n) is 7.19. The van der Waals surface area contributed by atoms with Gasteiger partial charge in [-0.25, -0.2) is 9.97 Å². The van der Waals surface area contributed by atoms with E-state index in [1.54, 1.807) is 0 Å². The number of fused-ring (bicyclic) bond motifs is 2. The molecule has 0 bridgehead atoms. The number of rotatable bonds is 3. The summed E-state index contributed by atoms with van der Waals surface area (Å²) in [5, 5.41) is 0.573. The van der Waals surface area contributed by atoms with Gasteiger partial charge in [0, 0.05) is 24.7 Å². The van der Waals surface area contributed by atoms with Gasteiger partial charge in [0.05, 0.1) is 23.9 Å². The zero-order chi connectivity index (χ0) is 17.6. The Balaban J connectivity index is 1.53. The van der Waals surface area contributed by atoms with E-state index in [1.165, 1.54) is 40.4 Å². The van der Waals surface area contributed by atoms with E-state index < -0.39 is 0 Å². The normalized spacial score (nSPS) is 19.4. The number of hydrogen-bond donors (Lipinski definition) is 1. The second kappa shape index (κ2) is 6.44. The molecule has 2 heterocycles. The number of aryl methyl sites for hydroxylation is 2. The Morgan fingerprint density at radius 1 is 1.28 bits per heavy atom. The highest BCUT2D eigenvalue weighted by molar-refractivity contribution is 7.15. The fourth-order valence-electron chi connectivity index (χ4n) is 4.12. The number of nitrogens with two attached hydrogens (primary N) is 1. The summed E-state index contributed by atoms with van der Waals surface area (Å²) in [5.41, 5.74) is 9.33. The lowest BCUT2D eigenvalue weighted by atomic mass is 9.90. The molecule has 0 fully saturated rings. The first-order chi connectivity index (χ1) is 12.0. The zero-order valence-corrected chi connectivity index (χ0v) is 15.7. The fraction of sp³-hybridized carbons (Fsp3) is 0.611. The number of imidazole rings is 1. The van der Waals surface area contributed by atoms with Crippen LogP contribution in [0.2, 0.25) is 0 Å². The van der Waals surface area contributed by atoms with Crippen molar-refractivity contribution in [3.8, 4) is 0 Å². The van der Waals surface area contributed by atoms with Gasteiger partial charge in [0.15, 0.2) is 5.13 Å². The Morgan fingerprint density at radius 2 is 2.08 bits per heavy atom. The van der Waals surface area contributed by atoms with E-state index in [1.807, 2.05) is 11.9 Å². The van der Waals surface area contributed by atoms with Gasteiger partial charge in [-0.3, -0.25) is 4.79 Å². The molecule has 25 heavy (non-hydrogen) atoms. The van der Waals surface area contributed by atoms with Crippen LogP contribution < -0.4 is 5.73 Å². The van der Waals surface area contributed by atoms with E-state index >= 15 is 0 Å². The summed E-state index contributed by atoms with van der Waals surface area (Å²) in [4.78, 5) is 25.3. The van der Waals surface area contributed by atoms with Crippen LogP contribution in [0.4, 0.5) is 5.13 Å². The molecule has 2 N–H and O–H groups in total. The SMILES string of the molecule is CN(Cc1nc2c(n1C)CCCC2)C(=O)C1CCCc2sc(N)nc21. The zero-order valence-electron chi connectivity index (χ0n) is 14.9. The van der Waals surface area contributed by atoms with Crippen molar-refractivity contribution < 1.29 is 4.79 Å². The van der Waals surface area contributed by atoms with Gasteiger partial charge in [0.2, 0.25) is 5.91 Å². The highest BCUT2D eigenvalue weighted by atomic mass is 32.1. The maximum atomic E-state index is 13.0. The number of amides is 1. The Hall–Kier alpha value is -1.89. The van der Waals surface area contributed by atoms with Gasteiger partial charge in [-0.05, 0) is 44.9 Å². The highest BCUT2D eigenvalue weighted by Crippen LogP contribution is 2.36. The van der Waals surface area contributed by atoms with Crippen LogP contribution in [-0.2, 0) is 37.6 Å². The molecule has 1 unspecified atom stereocenters. The number of nitrogen functional groups attached to an aromatic ring is 1. The van der Waals surface area contributed by atoms with E-state index in [9.17, 15) is 4.79 Å². The molecule has 0 aromatic carbocycles. The molecule has 0 saturated carbocycles. The van der Waals surface area contributed by atoms with Crippen molar-refractivity contribution in [1.82, 2.24) is 19.4 Å². The molecule has 7 heteroatoms. The molecule has 6 nitrogen and oxygen atoms in total. The molecule has 2 aliphatic rings. The minimum Gasteiger partial charge on any atom is -0.375 e. The van der Waals surface area contributed by atoms with Crippen molar-refractivity contribution >= 4 is 22.4 Å². The molecule has 2 aromatic rings. The molecule has 2 aliphatic carbocycles. The lowest BCUT2D eigenvalue weighted by Gasteiger charge is -2.25. The average Bonchev–Trinajstić information content (AvgIpc) is 3.14. The lowest BCUT2D eigenvalue weighted by Crippen LogP contribution is -2.33. The standard InChI is InChI=1S/C18H25N5OS/c1-22(10-15-20-12-7-3-4-8-13(12)23(15)2)17(24)11-6-5-9-14-16(11)21-18(19)25-14/h11H,3-10H2,1-2H3,(H2,19,21). The largest absolute Gasteiger partial charge is 0.375 e. The van der Waals surface area contributed by atoms with Gasteiger partial charge in [-0.2, -0.15) is 0 Å². The van der Waals surface area contributed by atoms with Crippen molar-refractivity contribution in [2.24, 2.45) is 7.05 Å². The second-order valence-corrected chi connectivity index (χ2v) is 8.30. The molecule has 0 spiro atoms. The van der Waals surface area contributed by atoms with Crippen LogP contribution in [0.5, 0.6) is 0 Å². The van der Waals surface area contributed by atoms with Crippen molar-refractivity contribution in [2.45, 2.75) is 57.4 Å². The first-order valence-electron chi connectivity index (χ1n) is 9.08. The van der Waals surface area contributed by atoms with Gasteiger partial charge < -0.3 is 15.2 Å². The van der Waals surface area contributed by atoms with Gasteiger partial charge in [0.1, 0.15) is 5.82 Å². The summed E-state index contributed by atoms with van der Waals surface area (Å²) in [5.74, 6) is 0.959. The van der Waals surface area contributed by atoms with Gasteiger partial charge in [-0.1, -0.05) is 0 Å². The third kappa shape index (κ3) is 2.94. The third-order valence-electron chi connectivity index (χ3n) is 5.49. The Labute approximate surface area is 152 Å². The van der Waals surface area contributed by atoms with Gasteiger partial charge >= 0.3 is 0 Å². The predicted octanol–water partition coefficient (Wildman–Crippen LogP) is 2.42. The number of hydrogen-bond acceptors (Lipinski definition) is 5. The highest BCUT2D eigenvalue weighted by Gasteiger charge is 2.32. The Kier molecular flexibility index (Phi) is 4.27. The molecule has 0 saturated heterocycles. The van der Waals surface area contributed by atoms with Crippen LogP contribution in [0.3, 0.4) is 0 Å². The first-order valence-corrected chi connectivity index (χ1v) is 9.89. The lowest BCUT2D eigenvalue weighted by molar-refractivity contribution is -0.132. The molecule has 4 rings (SSSR count). The molecule has 0 radical (unpaired) electrons. The topological polar surface area (TPSA) is 77.0 Å². The summed E-state index contributed by atoms with van der Waals surface area (Å²) >= 11 is 1.53. The maximum Gasteiger partial charge on any atom is 0.231 e. The number of aromatic nitrogens is 3. The minimum atomic E-state index is -0.155. The number of anilines is 1. The van der Waals surface area contributed by atoms with Crippen molar-refractivity contribution in [2.75, 3.05) is 12.8 Å². The smallest absolute Gasteiger partial charge is 0.231 e. The summed E-state index contributed by atoms with van der Waals surface area (Å²) in [6, 6.07) is 0. The predicted molar refractivity (Wildman–Crippen MR) is 98.5 cm³/mol. The van der Waals surface area contributed by atoms with Crippen LogP contribution >= 0.6 is 11.3 Å². The third-order valence-corrected chi connectivity index (χ3v) is 6.45. The van der Waals surface area contributed by atoms with Crippen LogP contribution in [0.15, 0.2) is 0 Å². The van der Waals surface area contributed by atoms with E-state index in [2.05, 4.69) is 16.6 Å². The van der Waals surface area contributed by atoms with Crippen LogP contribution in [0.25, 0.3) is 0 Å². The van der Waals surface area contributed by atoms with E-state index in [4.69, 9.17) is 10.7 Å². The number of likely N-dealkylation sites (N-methyl/N-ethyl adjacent to an activating group) is 1. The Morgan fingerprint density at radius 3 is 2.88 bits per heavy atom. The average molecular weight is 359 g/mol. The van der Waals surface area contributed by atoms with Gasteiger partial charge in [-0.15, -0.1) is 11.3 Å². The molecule has 0 aliphatic heterocycles. The van der Waals surface area contributed by atoms with E-state index in [0.717, 1.165) is 43.6 Å². The van der Waals surface area contributed by atoms with Crippen molar-refractivity contribution in [3.63, 3.8) is 0 Å². The molecule has 134 valence electrons. The monoisotopic (exact) mass is 359 g/mol. The fourth-order valence-corrected chi connectivity index (χ4v) is 5.05. The van der Waals surface area contributed by atoms with Crippen LogP contribution in [0.1, 0.15) is 59.4 Å². The van der Waals surface area contributed by atoms with Gasteiger partial charge in [0.25, 0.3) is 0 Å². The summed E-state index contributed by atoms with van der Waals surface area (Å²) < 4.78 is 2.19. The van der Waals surface area contributed by atoms with Crippen LogP contribution in [-0.4, -0.2) is 32.4 Å². The molecule has 1 atom stereocenters. The number of carbonyl (C=O) groups is 1. The number of nitrogens with zero attached hydrogens (tertiary/aromatic N) is 4. The summed E-state index contributed by atoms with van der Waals surface area (Å²) in [7, 11) is 3.95. The van der Waals surface area contributed by atoms with Crippen LogP contribution in [0, 0.1) is 0 Å². The molecule has 2 aromatic heterocycles. The quantitative estimate of drug-likeness (QED) is 0.913. The summed E-state index contributed by atoms with van der Waals surface area (Å²) in [6.07, 6.45) is 7.48. The molecular formula is C18H25N5OS. The van der Waals surface area contributed by atoms with Crippen molar-refractivity contribution in [1.29, 1.82) is 0 Å². The Bertz CT molecular complexity index is 809. The van der Waals surface area contributed by atoms with E-state index in [-0.39, 0.29) is 11.8 Å². The number of carbonyl (C=O) groups excluding carboxylic acids is 1. The molecule has 1 amide bonds. The summed E-state index contributed by atoms with van der Waals surface area (Å²) in [6.45, 7) is 0.549. The molecular weight excluding hydrogens is 334 g/mol. The number of thiazole rings is 1. The first kappa shape index (κ1) is 16.6.